The van der Waals surface area contributed by atoms with Crippen LogP contribution in [-0.2, 0) is 39.8 Å². The zero-order valence-electron chi connectivity index (χ0n) is 18.2. The van der Waals surface area contributed by atoms with Crippen LogP contribution < -0.4 is 10.1 Å². The fourth-order valence-electron chi connectivity index (χ4n) is 3.97. The van der Waals surface area contributed by atoms with E-state index in [1.165, 1.54) is 33.2 Å². The largest absolute Gasteiger partial charge is 0.316 e. The van der Waals surface area contributed by atoms with Crippen molar-refractivity contribution in [1.29, 1.82) is 0 Å². The number of para-hydroxylation sites is 1. The molecule has 2 nitrogen and oxygen atoms in total. The fourth-order valence-corrected chi connectivity index (χ4v) is 3.97. The van der Waals surface area contributed by atoms with Crippen LogP contribution in [-0.4, -0.2) is 4.57 Å². The van der Waals surface area contributed by atoms with Crippen LogP contribution in [0.3, 0.4) is 0 Å². The van der Waals surface area contributed by atoms with Crippen molar-refractivity contribution in [2.45, 2.75) is 40.5 Å². The fraction of sp³-hybridized carbons (Fsp3) is 0.269. The Hall–Kier alpha value is -1.77. The van der Waals surface area contributed by atoms with Gasteiger partial charge in [0.25, 0.3) is 0 Å². The number of aryl methyl sites for hydroxylation is 2. The number of rotatable bonds is 2. The number of fused-ring (bicyclic) bond motifs is 2. The van der Waals surface area contributed by atoms with Crippen LogP contribution in [0.4, 0.5) is 5.69 Å². The van der Waals surface area contributed by atoms with Gasteiger partial charge in [-0.2, -0.15) is 0 Å². The van der Waals surface area contributed by atoms with E-state index >= 15 is 0 Å². The predicted molar refractivity (Wildman–Crippen MR) is 118 cm³/mol. The molecule has 2 aromatic carbocycles. The van der Waals surface area contributed by atoms with Gasteiger partial charge in [-0.25, -0.2) is 5.57 Å². The van der Waals surface area contributed by atoms with Gasteiger partial charge in [0.2, 0.25) is 5.49 Å². The van der Waals surface area contributed by atoms with Gasteiger partial charge in [-0.05, 0) is 41.6 Å². The van der Waals surface area contributed by atoms with Crippen LogP contribution >= 0.6 is 0 Å². The third kappa shape index (κ3) is 3.73. The van der Waals surface area contributed by atoms with Gasteiger partial charge in [-0.3, -0.25) is 10.1 Å². The van der Waals surface area contributed by atoms with Gasteiger partial charge in [-0.15, -0.1) is 25.5 Å². The van der Waals surface area contributed by atoms with Crippen LogP contribution in [0, 0.1) is 19.2 Å². The van der Waals surface area contributed by atoms with Crippen molar-refractivity contribution < 1.29 is 32.7 Å². The Morgan fingerprint density at radius 1 is 1.14 bits per heavy atom. The van der Waals surface area contributed by atoms with Crippen molar-refractivity contribution in [3.8, 4) is 0 Å². The standard InChI is InChI=1S/C26H27N2.Y/c1-7-18(4)24-16-28(25-19(5)9-8-10-23(24)25)26-22-12-11-20(17(2)3)15-21(22)13-14-27(26)6;/h8-15,17H,1-6H3;/q-1;. The first-order valence-electron chi connectivity index (χ1n) is 9.90. The van der Waals surface area contributed by atoms with Crippen LogP contribution in [0.5, 0.6) is 0 Å². The monoisotopic (exact) mass is 456 g/mol. The molecule has 4 rings (SSSR count). The van der Waals surface area contributed by atoms with E-state index in [9.17, 15) is 0 Å². The first-order valence-corrected chi connectivity index (χ1v) is 9.90. The Morgan fingerprint density at radius 3 is 2.59 bits per heavy atom. The molecule has 1 aliphatic heterocycles. The van der Waals surface area contributed by atoms with Gasteiger partial charge in [0.05, 0.1) is 13.2 Å². The maximum atomic E-state index is 3.66. The molecule has 145 valence electrons. The number of hydrogen-bond donors (Lipinski definition) is 0. The molecule has 3 heteroatoms. The molecule has 0 N–H and O–H groups in total. The van der Waals surface area contributed by atoms with E-state index in [1.54, 1.807) is 0 Å². The molecule has 3 aromatic rings. The summed E-state index contributed by atoms with van der Waals surface area (Å²) < 4.78 is 4.43. The van der Waals surface area contributed by atoms with E-state index in [4.69, 9.17) is 0 Å². The van der Waals surface area contributed by atoms with Gasteiger partial charge < -0.3 is 10.7 Å². The van der Waals surface area contributed by atoms with Crippen molar-refractivity contribution in [2.24, 2.45) is 7.05 Å². The molecule has 0 bridgehead atoms. The molecule has 0 fully saturated rings. The van der Waals surface area contributed by atoms with E-state index in [0.29, 0.717) is 5.92 Å². The molecule has 1 radical (unpaired) electrons. The topological polar surface area (TPSA) is 7.94 Å². The summed E-state index contributed by atoms with van der Waals surface area (Å²) in [5.74, 6) is 0.516. The smallest absolute Gasteiger partial charge is 0.229 e. The minimum Gasteiger partial charge on any atom is -0.316 e. The summed E-state index contributed by atoms with van der Waals surface area (Å²) in [7, 11) is 2.11. The second-order valence-corrected chi connectivity index (χ2v) is 7.92. The van der Waals surface area contributed by atoms with Crippen molar-refractivity contribution in [3.05, 3.63) is 88.7 Å². The van der Waals surface area contributed by atoms with Crippen molar-refractivity contribution >= 4 is 22.0 Å². The summed E-state index contributed by atoms with van der Waals surface area (Å²) in [6.07, 6.45) is 9.11. The van der Waals surface area contributed by atoms with Crippen molar-refractivity contribution in [2.75, 3.05) is 0 Å². The summed E-state index contributed by atoms with van der Waals surface area (Å²) in [6.45, 7) is 10.7. The first kappa shape index (κ1) is 21.9. The zero-order chi connectivity index (χ0) is 20.0. The van der Waals surface area contributed by atoms with Crippen molar-refractivity contribution in [3.63, 3.8) is 0 Å². The van der Waals surface area contributed by atoms with Crippen LogP contribution in [0.1, 0.15) is 50.3 Å². The zero-order valence-corrected chi connectivity index (χ0v) is 21.0. The molecular formula is C26H27N2Y-. The number of pyridine rings is 1. The average Bonchev–Trinajstić information content (AvgIpc) is 3.07. The summed E-state index contributed by atoms with van der Waals surface area (Å²) in [5, 5.41) is 2.50. The molecule has 1 aromatic heterocycles. The SMILES string of the molecule is C[C-]=C(C)C1=[C-][N+](=c2c3ccc(C(C)C)cc3ccn2C)c2c(C)cccc21.[Y]. The molecule has 0 aliphatic carbocycles. The van der Waals surface area contributed by atoms with Gasteiger partial charge in [-0.1, -0.05) is 44.2 Å². The molecule has 2 heterocycles. The second-order valence-electron chi connectivity index (χ2n) is 7.92. The van der Waals surface area contributed by atoms with Crippen LogP contribution in [0.2, 0.25) is 0 Å². The molecule has 29 heavy (non-hydrogen) atoms. The molecule has 1 aliphatic rings. The minimum absolute atomic E-state index is 0. The first-order chi connectivity index (χ1) is 13.4. The number of benzene rings is 2. The van der Waals surface area contributed by atoms with E-state index in [0.717, 1.165) is 16.6 Å². The Bertz CT molecular complexity index is 1220. The Labute approximate surface area is 199 Å². The van der Waals surface area contributed by atoms with Crippen molar-refractivity contribution in [1.82, 2.24) is 9.14 Å². The third-order valence-electron chi connectivity index (χ3n) is 5.71. The quantitative estimate of drug-likeness (QED) is 0.349. The molecule has 0 spiro atoms. The molecule has 0 atom stereocenters. The van der Waals surface area contributed by atoms with Crippen LogP contribution in [0.15, 0.2) is 54.2 Å². The van der Waals surface area contributed by atoms with Gasteiger partial charge in [0.15, 0.2) is 0 Å². The second kappa shape index (κ2) is 8.54. The number of allylic oxidation sites excluding steroid dienone is 3. The Morgan fingerprint density at radius 2 is 1.90 bits per heavy atom. The maximum Gasteiger partial charge on any atom is 0.229 e. The Balaban J connectivity index is 0.00000240. The molecular weight excluding hydrogens is 429 g/mol. The number of hydrogen-bond acceptors (Lipinski definition) is 0. The van der Waals surface area contributed by atoms with E-state index in [1.807, 2.05) is 6.92 Å². The molecule has 0 saturated carbocycles. The number of nitrogens with zero attached hydrogens (tertiary/aromatic N) is 2. The normalized spacial score (nSPS) is 15.4. The third-order valence-corrected chi connectivity index (χ3v) is 5.71. The van der Waals surface area contributed by atoms with Gasteiger partial charge in [0, 0.05) is 43.8 Å². The van der Waals surface area contributed by atoms with E-state index in [-0.39, 0.29) is 32.7 Å². The van der Waals surface area contributed by atoms with Gasteiger partial charge in [0.1, 0.15) is 0 Å². The summed E-state index contributed by atoms with van der Waals surface area (Å²) in [5.41, 5.74) is 8.44. The maximum absolute atomic E-state index is 3.66. The summed E-state index contributed by atoms with van der Waals surface area (Å²) in [4.78, 5) is 0. The molecule has 0 saturated heterocycles. The predicted octanol–water partition coefficient (Wildman–Crippen LogP) is 5.64. The van der Waals surface area contributed by atoms with E-state index < -0.39 is 0 Å². The molecule has 0 amide bonds. The Kier molecular flexibility index (Phi) is 6.46. The summed E-state index contributed by atoms with van der Waals surface area (Å²) in [6, 6.07) is 15.5. The average molecular weight is 456 g/mol. The van der Waals surface area contributed by atoms with Gasteiger partial charge >= 0.3 is 0 Å². The van der Waals surface area contributed by atoms with E-state index in [2.05, 4.69) is 105 Å². The molecule has 0 unspecified atom stereocenters. The van der Waals surface area contributed by atoms with Crippen LogP contribution in [0.25, 0.3) is 16.3 Å². The number of aromatic nitrogens is 1. The summed E-state index contributed by atoms with van der Waals surface area (Å²) >= 11 is 0. The minimum atomic E-state index is 0.